The predicted molar refractivity (Wildman–Crippen MR) is 58.0 cm³/mol. The van der Waals surface area contributed by atoms with Crippen molar-refractivity contribution in [2.75, 3.05) is 0 Å². The lowest BCUT2D eigenvalue weighted by Crippen LogP contribution is -2.10. The molecular weight excluding hydrogens is 190 g/mol. The van der Waals surface area contributed by atoms with Gasteiger partial charge in [0.05, 0.1) is 0 Å². The Bertz CT molecular complexity index is 452. The third-order valence-corrected chi connectivity index (χ3v) is 2.06. The van der Waals surface area contributed by atoms with Crippen molar-refractivity contribution in [1.82, 2.24) is 0 Å². The molecule has 1 aromatic rings. The fraction of sp³-hybridized carbons (Fsp3) is 0. The standard InChI is InChI=1S/C12H9NO2/c14-12-8-6-11(7-9-12)13(15)10-4-2-1-3-5-10/h1-9H. The van der Waals surface area contributed by atoms with Gasteiger partial charge in [-0.05, 0) is 12.2 Å². The highest BCUT2D eigenvalue weighted by Crippen LogP contribution is 2.11. The van der Waals surface area contributed by atoms with Crippen molar-refractivity contribution < 1.29 is 9.53 Å². The molecule has 0 heterocycles. The Balaban J connectivity index is 2.39. The number of carbonyl (C=O) groups is 1. The maximum absolute atomic E-state index is 11.8. The molecule has 15 heavy (non-hydrogen) atoms. The van der Waals surface area contributed by atoms with E-state index in [2.05, 4.69) is 0 Å². The van der Waals surface area contributed by atoms with Crippen LogP contribution in [0.2, 0.25) is 0 Å². The molecule has 0 unspecified atom stereocenters. The Morgan fingerprint density at radius 2 is 1.53 bits per heavy atom. The number of rotatable bonds is 1. The molecule has 1 aliphatic rings. The monoisotopic (exact) mass is 199 g/mol. The zero-order chi connectivity index (χ0) is 10.7. The van der Waals surface area contributed by atoms with Crippen molar-refractivity contribution in [1.29, 1.82) is 0 Å². The summed E-state index contributed by atoms with van der Waals surface area (Å²) in [5, 5.41) is 11.8. The molecule has 3 heteroatoms. The first kappa shape index (κ1) is 9.40. The summed E-state index contributed by atoms with van der Waals surface area (Å²) < 4.78 is 0.791. The third kappa shape index (κ3) is 2.02. The first-order chi connectivity index (χ1) is 7.27. The van der Waals surface area contributed by atoms with E-state index in [1.54, 1.807) is 24.3 Å². The quantitative estimate of drug-likeness (QED) is 0.300. The van der Waals surface area contributed by atoms with Gasteiger partial charge in [0, 0.05) is 24.3 Å². The molecule has 0 aromatic heterocycles. The molecule has 0 N–H and O–H groups in total. The number of hydrogen-bond acceptors (Lipinski definition) is 2. The minimum Gasteiger partial charge on any atom is -0.618 e. The number of hydrogen-bond donors (Lipinski definition) is 0. The summed E-state index contributed by atoms with van der Waals surface area (Å²) in [4.78, 5) is 10.9. The van der Waals surface area contributed by atoms with Crippen LogP contribution in [-0.4, -0.2) is 16.2 Å². The van der Waals surface area contributed by atoms with Gasteiger partial charge in [0.2, 0.25) is 11.4 Å². The molecule has 0 bridgehead atoms. The lowest BCUT2D eigenvalue weighted by Gasteiger charge is -2.06. The van der Waals surface area contributed by atoms with Crippen molar-refractivity contribution in [2.45, 2.75) is 0 Å². The molecular formula is C12H9NO2. The third-order valence-electron chi connectivity index (χ3n) is 2.06. The molecule has 0 saturated carbocycles. The van der Waals surface area contributed by atoms with Crippen LogP contribution in [0.15, 0.2) is 54.6 Å². The van der Waals surface area contributed by atoms with Gasteiger partial charge in [0.15, 0.2) is 5.78 Å². The van der Waals surface area contributed by atoms with Crippen molar-refractivity contribution in [3.8, 4) is 0 Å². The van der Waals surface area contributed by atoms with Crippen molar-refractivity contribution in [3.05, 3.63) is 59.8 Å². The van der Waals surface area contributed by atoms with E-state index >= 15 is 0 Å². The Labute approximate surface area is 87.3 Å². The van der Waals surface area contributed by atoms with E-state index in [1.165, 1.54) is 24.3 Å². The number of para-hydroxylation sites is 1. The normalized spacial score (nSPS) is 14.4. The largest absolute Gasteiger partial charge is 0.618 e. The van der Waals surface area contributed by atoms with E-state index < -0.39 is 0 Å². The summed E-state index contributed by atoms with van der Waals surface area (Å²) in [7, 11) is 0. The number of ketones is 1. The van der Waals surface area contributed by atoms with Crippen LogP contribution in [-0.2, 0) is 4.79 Å². The van der Waals surface area contributed by atoms with Gasteiger partial charge in [-0.2, -0.15) is 4.74 Å². The highest BCUT2D eigenvalue weighted by atomic mass is 16.5. The summed E-state index contributed by atoms with van der Waals surface area (Å²) in [5.41, 5.74) is 1.01. The topological polar surface area (TPSA) is 43.1 Å². The Hall–Kier alpha value is -2.16. The molecule has 0 fully saturated rings. The van der Waals surface area contributed by atoms with Gasteiger partial charge in [-0.25, -0.2) is 0 Å². The maximum atomic E-state index is 11.8. The van der Waals surface area contributed by atoms with Crippen molar-refractivity contribution in [3.63, 3.8) is 0 Å². The Morgan fingerprint density at radius 1 is 0.933 bits per heavy atom. The smallest absolute Gasteiger partial charge is 0.217 e. The van der Waals surface area contributed by atoms with Crippen LogP contribution >= 0.6 is 0 Å². The van der Waals surface area contributed by atoms with Gasteiger partial charge in [0.1, 0.15) is 0 Å². The average molecular weight is 199 g/mol. The lowest BCUT2D eigenvalue weighted by molar-refractivity contribution is -0.358. The van der Waals surface area contributed by atoms with Crippen LogP contribution in [0.4, 0.5) is 5.69 Å². The van der Waals surface area contributed by atoms with E-state index in [0.29, 0.717) is 11.4 Å². The highest BCUT2D eigenvalue weighted by Gasteiger charge is 2.09. The molecule has 1 aromatic carbocycles. The van der Waals surface area contributed by atoms with Crippen LogP contribution in [0.3, 0.4) is 0 Å². The lowest BCUT2D eigenvalue weighted by atomic mass is 10.1. The second-order valence-corrected chi connectivity index (χ2v) is 3.12. The van der Waals surface area contributed by atoms with Crippen LogP contribution in [0.1, 0.15) is 0 Å². The van der Waals surface area contributed by atoms with E-state index in [-0.39, 0.29) is 5.78 Å². The minimum absolute atomic E-state index is 0.0970. The number of allylic oxidation sites excluding steroid dienone is 4. The van der Waals surface area contributed by atoms with Gasteiger partial charge in [-0.15, -0.1) is 0 Å². The first-order valence-electron chi connectivity index (χ1n) is 4.57. The summed E-state index contributed by atoms with van der Waals surface area (Å²) >= 11 is 0. The van der Waals surface area contributed by atoms with Crippen molar-refractivity contribution in [2.24, 2.45) is 0 Å². The fourth-order valence-electron chi connectivity index (χ4n) is 1.29. The second kappa shape index (κ2) is 3.92. The van der Waals surface area contributed by atoms with Gasteiger partial charge in [-0.3, -0.25) is 4.79 Å². The Kier molecular flexibility index (Phi) is 2.46. The van der Waals surface area contributed by atoms with Crippen LogP contribution in [0.5, 0.6) is 0 Å². The molecule has 0 radical (unpaired) electrons. The highest BCUT2D eigenvalue weighted by molar-refractivity contribution is 6.14. The van der Waals surface area contributed by atoms with Gasteiger partial charge < -0.3 is 5.21 Å². The molecule has 1 aliphatic carbocycles. The molecule has 74 valence electrons. The molecule has 3 nitrogen and oxygen atoms in total. The summed E-state index contributed by atoms with van der Waals surface area (Å²) in [5.74, 6) is -0.0970. The van der Waals surface area contributed by atoms with Crippen LogP contribution < -0.4 is 0 Å². The van der Waals surface area contributed by atoms with Gasteiger partial charge in [-0.1, -0.05) is 18.2 Å². The molecule has 0 spiro atoms. The predicted octanol–water partition coefficient (Wildman–Crippen LogP) is 1.96. The first-order valence-corrected chi connectivity index (χ1v) is 4.57. The zero-order valence-electron chi connectivity index (χ0n) is 7.96. The van der Waals surface area contributed by atoms with Crippen LogP contribution in [0.25, 0.3) is 0 Å². The number of carbonyl (C=O) groups excluding carboxylic acids is 1. The Morgan fingerprint density at radius 3 is 2.13 bits per heavy atom. The zero-order valence-corrected chi connectivity index (χ0v) is 7.96. The van der Waals surface area contributed by atoms with E-state index in [9.17, 15) is 10.0 Å². The maximum Gasteiger partial charge on any atom is 0.217 e. The SMILES string of the molecule is O=C1C=CC(=[N+]([O-])c2ccccc2)C=C1. The van der Waals surface area contributed by atoms with Crippen molar-refractivity contribution >= 4 is 17.2 Å². The van der Waals surface area contributed by atoms with E-state index in [0.717, 1.165) is 4.74 Å². The average Bonchev–Trinajstić information content (AvgIpc) is 2.30. The number of nitrogens with zero attached hydrogens (tertiary/aromatic N) is 1. The molecule has 0 saturated heterocycles. The summed E-state index contributed by atoms with van der Waals surface area (Å²) in [6, 6.07) is 8.87. The van der Waals surface area contributed by atoms with Gasteiger partial charge in [0.25, 0.3) is 0 Å². The fourth-order valence-corrected chi connectivity index (χ4v) is 1.29. The van der Waals surface area contributed by atoms with E-state index in [4.69, 9.17) is 0 Å². The van der Waals surface area contributed by atoms with E-state index in [1.807, 2.05) is 6.07 Å². The molecule has 2 rings (SSSR count). The minimum atomic E-state index is -0.0970. The van der Waals surface area contributed by atoms with Gasteiger partial charge >= 0.3 is 0 Å². The summed E-state index contributed by atoms with van der Waals surface area (Å²) in [6.45, 7) is 0. The molecule has 0 amide bonds. The molecule has 0 atom stereocenters. The van der Waals surface area contributed by atoms with Crippen LogP contribution in [0, 0.1) is 5.21 Å². The summed E-state index contributed by atoms with van der Waals surface area (Å²) in [6.07, 6.45) is 5.79. The molecule has 0 aliphatic heterocycles. The number of benzene rings is 1. The second-order valence-electron chi connectivity index (χ2n) is 3.12.